The van der Waals surface area contributed by atoms with Crippen molar-refractivity contribution in [2.45, 2.75) is 25.2 Å². The third-order valence-corrected chi connectivity index (χ3v) is 4.62. The quantitative estimate of drug-likeness (QED) is 0.819. The first-order chi connectivity index (χ1) is 10.9. The number of carbonyl (C=O) groups is 3. The summed E-state index contributed by atoms with van der Waals surface area (Å²) in [7, 11) is 1.66. The zero-order chi connectivity index (χ0) is 17.0. The van der Waals surface area contributed by atoms with Crippen molar-refractivity contribution in [3.05, 3.63) is 35.9 Å². The average molecular weight is 318 g/mol. The second kappa shape index (κ2) is 6.81. The molecule has 0 radical (unpaired) electrons. The van der Waals surface area contributed by atoms with Crippen molar-refractivity contribution in [3.8, 4) is 0 Å². The molecule has 2 N–H and O–H groups in total. The minimum absolute atomic E-state index is 0.0100. The highest BCUT2D eigenvalue weighted by molar-refractivity contribution is 5.90. The number of amides is 2. The number of carboxylic acid groups (broad SMARTS) is 1. The van der Waals surface area contributed by atoms with Crippen molar-refractivity contribution in [2.75, 3.05) is 20.1 Å². The number of aliphatic carboxylic acids is 1. The number of nitrogens with one attached hydrogen (secondary N) is 1. The molecule has 0 saturated carbocycles. The Morgan fingerprint density at radius 3 is 2.48 bits per heavy atom. The fourth-order valence-electron chi connectivity index (χ4n) is 2.96. The third-order valence-electron chi connectivity index (χ3n) is 4.62. The van der Waals surface area contributed by atoms with Gasteiger partial charge in [-0.15, -0.1) is 0 Å². The van der Waals surface area contributed by atoms with Crippen LogP contribution in [-0.4, -0.2) is 47.9 Å². The summed E-state index contributed by atoms with van der Waals surface area (Å²) in [6.07, 6.45) is 0.538. The van der Waals surface area contributed by atoms with Gasteiger partial charge in [-0.2, -0.15) is 0 Å². The molecule has 0 aromatic heterocycles. The molecule has 1 fully saturated rings. The first-order valence-electron chi connectivity index (χ1n) is 7.71. The number of benzene rings is 1. The van der Waals surface area contributed by atoms with E-state index in [1.54, 1.807) is 38.2 Å². The molecule has 1 heterocycles. The maximum absolute atomic E-state index is 12.3. The van der Waals surface area contributed by atoms with Gasteiger partial charge >= 0.3 is 5.97 Å². The Morgan fingerprint density at radius 1 is 1.35 bits per heavy atom. The molecule has 0 aliphatic carbocycles. The number of carboxylic acids is 1. The molecule has 0 bridgehead atoms. The van der Waals surface area contributed by atoms with E-state index in [9.17, 15) is 19.5 Å². The lowest BCUT2D eigenvalue weighted by Gasteiger charge is -2.29. The van der Waals surface area contributed by atoms with Gasteiger partial charge in [0.05, 0.1) is 5.92 Å². The molecule has 2 rings (SSSR count). The smallest absolute Gasteiger partial charge is 0.315 e. The predicted molar refractivity (Wildman–Crippen MR) is 84.8 cm³/mol. The van der Waals surface area contributed by atoms with Crippen LogP contribution in [0.3, 0.4) is 0 Å². The molecule has 1 aromatic rings. The second-order valence-corrected chi connectivity index (χ2v) is 6.00. The summed E-state index contributed by atoms with van der Waals surface area (Å²) >= 11 is 0. The minimum Gasteiger partial charge on any atom is -0.481 e. The van der Waals surface area contributed by atoms with Gasteiger partial charge in [-0.05, 0) is 12.0 Å². The summed E-state index contributed by atoms with van der Waals surface area (Å²) < 4.78 is 0. The lowest BCUT2D eigenvalue weighted by molar-refractivity contribution is -0.144. The first-order valence-corrected chi connectivity index (χ1v) is 7.71. The highest BCUT2D eigenvalue weighted by Gasteiger charge is 2.40. The van der Waals surface area contributed by atoms with Gasteiger partial charge in [-0.25, -0.2) is 0 Å². The molecule has 1 aliphatic rings. The van der Waals surface area contributed by atoms with E-state index in [-0.39, 0.29) is 24.8 Å². The Balaban J connectivity index is 2.12. The van der Waals surface area contributed by atoms with Crippen LogP contribution in [0, 0.1) is 5.92 Å². The second-order valence-electron chi connectivity index (χ2n) is 6.00. The number of hydrogen-bond donors (Lipinski definition) is 2. The Morgan fingerprint density at radius 2 is 2.00 bits per heavy atom. The lowest BCUT2D eigenvalue weighted by Crippen LogP contribution is -2.47. The van der Waals surface area contributed by atoms with Gasteiger partial charge in [-0.3, -0.25) is 14.4 Å². The van der Waals surface area contributed by atoms with Crippen molar-refractivity contribution in [1.82, 2.24) is 10.2 Å². The summed E-state index contributed by atoms with van der Waals surface area (Å²) in [4.78, 5) is 37.2. The van der Waals surface area contributed by atoms with Gasteiger partial charge in [-0.1, -0.05) is 37.3 Å². The number of rotatable bonds is 6. The molecule has 1 aliphatic heterocycles. The Labute approximate surface area is 135 Å². The topological polar surface area (TPSA) is 86.7 Å². The molecular formula is C17H22N2O4. The Kier molecular flexibility index (Phi) is 5.03. The summed E-state index contributed by atoms with van der Waals surface area (Å²) in [6.45, 7) is 2.18. The Hall–Kier alpha value is -2.37. The normalized spacial score (nSPS) is 20.2. The molecule has 1 saturated heterocycles. The van der Waals surface area contributed by atoms with E-state index in [0.717, 1.165) is 0 Å². The molecule has 2 amide bonds. The van der Waals surface area contributed by atoms with Crippen molar-refractivity contribution in [1.29, 1.82) is 0 Å². The highest BCUT2D eigenvalue weighted by atomic mass is 16.4. The van der Waals surface area contributed by atoms with E-state index < -0.39 is 17.3 Å². The Bertz CT molecular complexity index is 602. The highest BCUT2D eigenvalue weighted by Crippen LogP contribution is 2.28. The van der Waals surface area contributed by atoms with E-state index in [1.165, 1.54) is 4.90 Å². The summed E-state index contributed by atoms with van der Waals surface area (Å²) in [5, 5.41) is 12.5. The van der Waals surface area contributed by atoms with Crippen LogP contribution in [-0.2, 0) is 19.8 Å². The van der Waals surface area contributed by atoms with Crippen LogP contribution >= 0.6 is 0 Å². The van der Waals surface area contributed by atoms with E-state index in [4.69, 9.17) is 0 Å². The minimum atomic E-state index is -1.16. The van der Waals surface area contributed by atoms with Crippen LogP contribution in [0.1, 0.15) is 25.3 Å². The molecule has 124 valence electrons. The van der Waals surface area contributed by atoms with Gasteiger partial charge in [0.25, 0.3) is 0 Å². The number of nitrogens with zero attached hydrogens (tertiary/aromatic N) is 1. The molecule has 2 atom stereocenters. The van der Waals surface area contributed by atoms with Crippen LogP contribution in [0.4, 0.5) is 0 Å². The van der Waals surface area contributed by atoms with E-state index in [0.29, 0.717) is 18.5 Å². The molecule has 6 heteroatoms. The molecule has 0 spiro atoms. The van der Waals surface area contributed by atoms with E-state index in [1.807, 2.05) is 6.07 Å². The molecule has 1 aromatic carbocycles. The van der Waals surface area contributed by atoms with Crippen molar-refractivity contribution >= 4 is 17.8 Å². The van der Waals surface area contributed by atoms with Crippen LogP contribution in [0.25, 0.3) is 0 Å². The summed E-state index contributed by atoms with van der Waals surface area (Å²) in [5.74, 6) is -1.70. The molecular weight excluding hydrogens is 296 g/mol. The van der Waals surface area contributed by atoms with Crippen molar-refractivity contribution < 1.29 is 19.5 Å². The van der Waals surface area contributed by atoms with Crippen LogP contribution in [0.5, 0.6) is 0 Å². The summed E-state index contributed by atoms with van der Waals surface area (Å²) in [6, 6.07) is 8.92. The van der Waals surface area contributed by atoms with Gasteiger partial charge in [0, 0.05) is 26.6 Å². The van der Waals surface area contributed by atoms with Gasteiger partial charge in [0.2, 0.25) is 11.8 Å². The first kappa shape index (κ1) is 17.0. The summed E-state index contributed by atoms with van der Waals surface area (Å²) in [5.41, 5.74) is -0.499. The third kappa shape index (κ3) is 3.36. The SMILES string of the molecule is CCC(CNC(=O)C1CC(=O)N(C)C1)(C(=O)O)c1ccccc1. The zero-order valence-corrected chi connectivity index (χ0v) is 13.4. The van der Waals surface area contributed by atoms with Crippen molar-refractivity contribution in [3.63, 3.8) is 0 Å². The fraction of sp³-hybridized carbons (Fsp3) is 0.471. The van der Waals surface area contributed by atoms with Gasteiger partial charge in [0.15, 0.2) is 0 Å². The number of hydrogen-bond acceptors (Lipinski definition) is 3. The van der Waals surface area contributed by atoms with Crippen LogP contribution < -0.4 is 5.32 Å². The largest absolute Gasteiger partial charge is 0.481 e. The predicted octanol–water partition coefficient (Wildman–Crippen LogP) is 1.01. The molecule has 2 unspecified atom stereocenters. The monoisotopic (exact) mass is 318 g/mol. The average Bonchev–Trinajstić information content (AvgIpc) is 2.88. The lowest BCUT2D eigenvalue weighted by atomic mass is 9.78. The van der Waals surface area contributed by atoms with E-state index >= 15 is 0 Å². The zero-order valence-electron chi connectivity index (χ0n) is 13.4. The maximum Gasteiger partial charge on any atom is 0.315 e. The maximum atomic E-state index is 12.3. The van der Waals surface area contributed by atoms with Crippen LogP contribution in [0.15, 0.2) is 30.3 Å². The van der Waals surface area contributed by atoms with Crippen molar-refractivity contribution in [2.24, 2.45) is 5.92 Å². The fourth-order valence-corrected chi connectivity index (χ4v) is 2.96. The van der Waals surface area contributed by atoms with E-state index in [2.05, 4.69) is 5.32 Å². The van der Waals surface area contributed by atoms with Gasteiger partial charge in [0.1, 0.15) is 5.41 Å². The number of carbonyl (C=O) groups excluding carboxylic acids is 2. The number of likely N-dealkylation sites (tertiary alicyclic amines) is 1. The molecule has 23 heavy (non-hydrogen) atoms. The molecule has 6 nitrogen and oxygen atoms in total. The standard InChI is InChI=1S/C17H22N2O4/c1-3-17(16(22)23,13-7-5-4-6-8-13)11-18-15(21)12-9-14(20)19(2)10-12/h4-8,12H,3,9-11H2,1-2H3,(H,18,21)(H,22,23). The van der Waals surface area contributed by atoms with Gasteiger partial charge < -0.3 is 15.3 Å². The van der Waals surface area contributed by atoms with Crippen LogP contribution in [0.2, 0.25) is 0 Å².